The molecule has 0 saturated heterocycles. The van der Waals surface area contributed by atoms with Gasteiger partial charge in [-0.25, -0.2) is 0 Å². The number of halogens is 1. The number of carbonyl (C=O) groups is 2. The topological polar surface area (TPSA) is 127 Å². The number of benzene rings is 2. The third-order valence-corrected chi connectivity index (χ3v) is 4.89. The molecule has 0 aliphatic rings. The summed E-state index contributed by atoms with van der Waals surface area (Å²) in [5, 5.41) is 24.2. The zero-order valence-corrected chi connectivity index (χ0v) is 17.0. The molecule has 3 rings (SSSR count). The Labute approximate surface area is 180 Å². The van der Waals surface area contributed by atoms with Crippen molar-refractivity contribution in [3.8, 4) is 0 Å². The van der Waals surface area contributed by atoms with Crippen LogP contribution in [-0.4, -0.2) is 32.7 Å². The largest absolute Gasteiger partial charge is 0.325 e. The summed E-state index contributed by atoms with van der Waals surface area (Å²) >= 11 is 1.08. The first-order chi connectivity index (χ1) is 14.8. The molecular formula is C20H16FN5O4S. The third kappa shape index (κ3) is 6.06. The van der Waals surface area contributed by atoms with Gasteiger partial charge in [-0.2, -0.15) is 4.39 Å². The normalized spacial score (nSPS) is 10.4. The van der Waals surface area contributed by atoms with Crippen LogP contribution < -0.4 is 10.6 Å². The van der Waals surface area contributed by atoms with E-state index in [-0.39, 0.29) is 23.2 Å². The van der Waals surface area contributed by atoms with Gasteiger partial charge in [0.25, 0.3) is 5.91 Å². The van der Waals surface area contributed by atoms with Crippen LogP contribution in [0.15, 0.2) is 59.6 Å². The summed E-state index contributed by atoms with van der Waals surface area (Å²) < 4.78 is 13.4. The van der Waals surface area contributed by atoms with E-state index >= 15 is 0 Å². The van der Waals surface area contributed by atoms with Crippen LogP contribution in [0.1, 0.15) is 15.9 Å². The number of hydrogen-bond donors (Lipinski definition) is 2. The first-order valence-corrected chi connectivity index (χ1v) is 9.89. The molecule has 158 valence electrons. The van der Waals surface area contributed by atoms with Crippen LogP contribution in [0.3, 0.4) is 0 Å². The number of aryl methyl sites for hydroxylation is 1. The summed E-state index contributed by atoms with van der Waals surface area (Å²) in [4.78, 5) is 34.1. The van der Waals surface area contributed by atoms with E-state index in [0.29, 0.717) is 10.6 Å². The van der Waals surface area contributed by atoms with Crippen LogP contribution >= 0.6 is 11.8 Å². The zero-order valence-electron chi connectivity index (χ0n) is 16.2. The number of nitrogens with one attached hydrogen (secondary N) is 2. The van der Waals surface area contributed by atoms with Crippen LogP contribution in [0.25, 0.3) is 0 Å². The summed E-state index contributed by atoms with van der Waals surface area (Å²) in [7, 11) is 0. The molecule has 0 radical (unpaired) electrons. The average molecular weight is 441 g/mol. The molecule has 0 bridgehead atoms. The van der Waals surface area contributed by atoms with Gasteiger partial charge in [0.2, 0.25) is 11.7 Å². The molecule has 2 aromatic carbocycles. The molecule has 2 amide bonds. The minimum absolute atomic E-state index is 0.0467. The van der Waals surface area contributed by atoms with Crippen LogP contribution in [0.4, 0.5) is 21.6 Å². The number of aromatic nitrogens is 2. The van der Waals surface area contributed by atoms with E-state index in [0.717, 1.165) is 29.5 Å². The van der Waals surface area contributed by atoms with Crippen molar-refractivity contribution in [3.05, 3.63) is 81.7 Å². The van der Waals surface area contributed by atoms with Crippen molar-refractivity contribution in [2.24, 2.45) is 0 Å². The Hall–Kier alpha value is -3.86. The summed E-state index contributed by atoms with van der Waals surface area (Å²) in [6.45, 7) is 1.92. The van der Waals surface area contributed by atoms with E-state index in [2.05, 4.69) is 20.8 Å². The molecule has 2 N–H and O–H groups in total. The van der Waals surface area contributed by atoms with Gasteiger partial charge in [0.15, 0.2) is 5.82 Å². The van der Waals surface area contributed by atoms with E-state index in [4.69, 9.17) is 0 Å². The number of rotatable bonds is 7. The van der Waals surface area contributed by atoms with E-state index in [1.54, 1.807) is 24.3 Å². The number of thioether (sulfide) groups is 1. The Morgan fingerprint density at radius 3 is 2.45 bits per heavy atom. The van der Waals surface area contributed by atoms with Crippen molar-refractivity contribution in [2.75, 3.05) is 16.4 Å². The lowest BCUT2D eigenvalue weighted by Gasteiger charge is -2.06. The minimum atomic E-state index is -0.984. The van der Waals surface area contributed by atoms with Crippen LogP contribution in [0.2, 0.25) is 0 Å². The predicted molar refractivity (Wildman–Crippen MR) is 114 cm³/mol. The highest BCUT2D eigenvalue weighted by atomic mass is 32.2. The number of nitrogens with zero attached hydrogens (tertiary/aromatic N) is 3. The average Bonchev–Trinajstić information content (AvgIpc) is 2.75. The molecule has 0 spiro atoms. The monoisotopic (exact) mass is 441 g/mol. The molecule has 1 heterocycles. The lowest BCUT2D eigenvalue weighted by Crippen LogP contribution is -2.15. The molecule has 0 aliphatic heterocycles. The quantitative estimate of drug-likeness (QED) is 0.324. The number of anilines is 2. The molecule has 9 nitrogen and oxygen atoms in total. The maximum absolute atomic E-state index is 13.4. The number of hydrogen-bond acceptors (Lipinski definition) is 7. The fourth-order valence-electron chi connectivity index (χ4n) is 2.42. The summed E-state index contributed by atoms with van der Waals surface area (Å²) in [6.07, 6.45) is 0. The first kappa shape index (κ1) is 21.8. The second-order valence-electron chi connectivity index (χ2n) is 6.34. The molecule has 1 aromatic heterocycles. The Kier molecular flexibility index (Phi) is 6.88. The van der Waals surface area contributed by atoms with E-state index in [1.807, 2.05) is 19.1 Å². The third-order valence-electron chi connectivity index (χ3n) is 3.97. The van der Waals surface area contributed by atoms with Gasteiger partial charge in [0.1, 0.15) is 5.03 Å². The summed E-state index contributed by atoms with van der Waals surface area (Å²) in [5.41, 5.74) is 0.918. The Bertz CT molecular complexity index is 1120. The van der Waals surface area contributed by atoms with Gasteiger partial charge in [-0.15, -0.1) is 10.2 Å². The Morgan fingerprint density at radius 1 is 1.06 bits per heavy atom. The fourth-order valence-corrected chi connectivity index (χ4v) is 3.04. The van der Waals surface area contributed by atoms with Gasteiger partial charge in [-0.1, -0.05) is 29.5 Å². The predicted octanol–water partition coefficient (Wildman–Crippen LogP) is 3.82. The molecule has 0 unspecified atom stereocenters. The highest BCUT2D eigenvalue weighted by Crippen LogP contribution is 2.22. The number of nitro groups is 1. The highest BCUT2D eigenvalue weighted by Gasteiger charge is 2.15. The number of amides is 2. The molecule has 0 atom stereocenters. The van der Waals surface area contributed by atoms with E-state index in [1.165, 1.54) is 6.07 Å². The van der Waals surface area contributed by atoms with Gasteiger partial charge >= 0.3 is 5.69 Å². The van der Waals surface area contributed by atoms with Gasteiger partial charge in [0, 0.05) is 17.3 Å². The van der Waals surface area contributed by atoms with Gasteiger partial charge in [-0.05, 0) is 43.3 Å². The van der Waals surface area contributed by atoms with Crippen molar-refractivity contribution >= 4 is 40.8 Å². The smallest absolute Gasteiger partial charge is 0.306 e. The second-order valence-corrected chi connectivity index (χ2v) is 7.33. The maximum atomic E-state index is 13.4. The van der Waals surface area contributed by atoms with Gasteiger partial charge < -0.3 is 10.6 Å². The van der Waals surface area contributed by atoms with E-state index in [9.17, 15) is 24.1 Å². The van der Waals surface area contributed by atoms with Crippen molar-refractivity contribution in [1.29, 1.82) is 0 Å². The Balaban J connectivity index is 1.52. The lowest BCUT2D eigenvalue weighted by atomic mass is 10.1. The molecule has 11 heteroatoms. The van der Waals surface area contributed by atoms with Crippen molar-refractivity contribution in [2.45, 2.75) is 11.9 Å². The summed E-state index contributed by atoms with van der Waals surface area (Å²) in [5.74, 6) is -1.54. The van der Waals surface area contributed by atoms with Crippen molar-refractivity contribution in [1.82, 2.24) is 10.2 Å². The molecule has 0 saturated carbocycles. The van der Waals surface area contributed by atoms with Crippen molar-refractivity contribution in [3.63, 3.8) is 0 Å². The molecular weight excluding hydrogens is 425 g/mol. The standard InChI is InChI=1S/C20H16FN5O4S/c1-12-2-4-13(5-3-12)20(28)23-17-8-9-19(25-24-17)31-11-18(27)22-14-6-7-15(21)16(10-14)26(29)30/h2-10H,11H2,1H3,(H,22,27)(H,23,24,28). The molecule has 31 heavy (non-hydrogen) atoms. The van der Waals surface area contributed by atoms with Gasteiger partial charge in [0.05, 0.1) is 10.7 Å². The van der Waals surface area contributed by atoms with E-state index < -0.39 is 22.3 Å². The molecule has 3 aromatic rings. The lowest BCUT2D eigenvalue weighted by molar-refractivity contribution is -0.387. The number of nitro benzene ring substituents is 1. The maximum Gasteiger partial charge on any atom is 0.306 e. The molecule has 0 aliphatic carbocycles. The van der Waals surface area contributed by atoms with Gasteiger partial charge in [-0.3, -0.25) is 19.7 Å². The SMILES string of the molecule is Cc1ccc(C(=O)Nc2ccc(SCC(=O)Nc3ccc(F)c([N+](=O)[O-])c3)nn2)cc1. The zero-order chi connectivity index (χ0) is 22.4. The summed E-state index contributed by atoms with van der Waals surface area (Å²) in [6, 6.07) is 13.3. The van der Waals surface area contributed by atoms with Crippen LogP contribution in [0, 0.1) is 22.9 Å². The first-order valence-electron chi connectivity index (χ1n) is 8.90. The fraction of sp³-hybridized carbons (Fsp3) is 0.100. The highest BCUT2D eigenvalue weighted by molar-refractivity contribution is 7.99. The second kappa shape index (κ2) is 9.76. The Morgan fingerprint density at radius 2 is 1.81 bits per heavy atom. The minimum Gasteiger partial charge on any atom is -0.325 e. The number of carbonyl (C=O) groups excluding carboxylic acids is 2. The van der Waals surface area contributed by atoms with Crippen LogP contribution in [-0.2, 0) is 4.79 Å². The van der Waals surface area contributed by atoms with Crippen LogP contribution in [0.5, 0.6) is 0 Å². The van der Waals surface area contributed by atoms with Crippen molar-refractivity contribution < 1.29 is 18.9 Å². The molecule has 0 fully saturated rings.